The van der Waals surface area contributed by atoms with Crippen molar-refractivity contribution in [3.8, 4) is 0 Å². The SMILES string of the molecule is COC(=O)c1cc(Br)ncc1N1CC(CS(=O)(=O)F)CC1=O. The van der Waals surface area contributed by atoms with Gasteiger partial charge >= 0.3 is 16.2 Å². The summed E-state index contributed by atoms with van der Waals surface area (Å²) in [5.41, 5.74) is 0.320. The molecule has 1 fully saturated rings. The van der Waals surface area contributed by atoms with Gasteiger partial charge in [0.25, 0.3) is 0 Å². The third kappa shape index (κ3) is 3.80. The minimum atomic E-state index is -4.67. The van der Waals surface area contributed by atoms with Crippen molar-refractivity contribution in [3.63, 3.8) is 0 Å². The number of rotatable bonds is 4. The van der Waals surface area contributed by atoms with Gasteiger partial charge in [-0.25, -0.2) is 9.78 Å². The molecule has 0 saturated carbocycles. The summed E-state index contributed by atoms with van der Waals surface area (Å²) >= 11 is 3.12. The lowest BCUT2D eigenvalue weighted by atomic mass is 10.1. The summed E-state index contributed by atoms with van der Waals surface area (Å²) in [7, 11) is -3.47. The highest BCUT2D eigenvalue weighted by molar-refractivity contribution is 9.10. The fourth-order valence-electron chi connectivity index (χ4n) is 2.32. The van der Waals surface area contributed by atoms with E-state index in [2.05, 4.69) is 25.7 Å². The van der Waals surface area contributed by atoms with E-state index in [1.54, 1.807) is 0 Å². The predicted molar refractivity (Wildman–Crippen MR) is 78.6 cm³/mol. The lowest BCUT2D eigenvalue weighted by Crippen LogP contribution is -2.27. The zero-order valence-electron chi connectivity index (χ0n) is 11.5. The van der Waals surface area contributed by atoms with E-state index in [-0.39, 0.29) is 24.2 Å². The lowest BCUT2D eigenvalue weighted by Gasteiger charge is -2.19. The number of pyridine rings is 1. The van der Waals surface area contributed by atoms with Gasteiger partial charge in [-0.3, -0.25) is 4.79 Å². The summed E-state index contributed by atoms with van der Waals surface area (Å²) in [5, 5.41) is 0. The van der Waals surface area contributed by atoms with Crippen LogP contribution in [0.2, 0.25) is 0 Å². The Morgan fingerprint density at radius 3 is 2.86 bits per heavy atom. The molecule has 0 N–H and O–H groups in total. The van der Waals surface area contributed by atoms with Crippen LogP contribution in [0.25, 0.3) is 0 Å². The Morgan fingerprint density at radius 2 is 2.27 bits per heavy atom. The number of methoxy groups -OCH3 is 1. The molecule has 0 bridgehead atoms. The molecule has 22 heavy (non-hydrogen) atoms. The first kappa shape index (κ1) is 16.8. The summed E-state index contributed by atoms with van der Waals surface area (Å²) in [6.45, 7) is -0.00467. The second-order valence-corrected chi connectivity index (χ2v) is 7.02. The van der Waals surface area contributed by atoms with E-state index in [4.69, 9.17) is 0 Å². The van der Waals surface area contributed by atoms with Gasteiger partial charge < -0.3 is 9.64 Å². The largest absolute Gasteiger partial charge is 0.465 e. The number of carbonyl (C=O) groups is 2. The summed E-state index contributed by atoms with van der Waals surface area (Å²) < 4.78 is 39.2. The molecule has 1 aliphatic rings. The first-order valence-electron chi connectivity index (χ1n) is 6.18. The van der Waals surface area contributed by atoms with Gasteiger partial charge in [0, 0.05) is 18.9 Å². The molecule has 1 aromatic rings. The van der Waals surface area contributed by atoms with Gasteiger partial charge in [-0.05, 0) is 22.0 Å². The third-order valence-electron chi connectivity index (χ3n) is 3.19. The van der Waals surface area contributed by atoms with E-state index in [9.17, 15) is 21.9 Å². The first-order valence-corrected chi connectivity index (χ1v) is 8.52. The monoisotopic (exact) mass is 394 g/mol. The fourth-order valence-corrected chi connectivity index (χ4v) is 3.44. The molecule has 0 radical (unpaired) electrons. The molecule has 120 valence electrons. The maximum atomic E-state index is 12.8. The van der Waals surface area contributed by atoms with Crippen LogP contribution in [0.1, 0.15) is 16.8 Å². The average molecular weight is 395 g/mol. The molecule has 0 aromatic carbocycles. The van der Waals surface area contributed by atoms with Crippen molar-refractivity contribution in [2.75, 3.05) is 24.3 Å². The van der Waals surface area contributed by atoms with Gasteiger partial charge in [0.1, 0.15) is 4.60 Å². The average Bonchev–Trinajstić information content (AvgIpc) is 2.76. The highest BCUT2D eigenvalue weighted by Gasteiger charge is 2.35. The zero-order valence-corrected chi connectivity index (χ0v) is 13.9. The molecule has 0 spiro atoms. The number of aromatic nitrogens is 1. The number of amides is 1. The number of anilines is 1. The molecule has 1 aliphatic heterocycles. The lowest BCUT2D eigenvalue weighted by molar-refractivity contribution is -0.117. The van der Waals surface area contributed by atoms with Crippen LogP contribution in [0.5, 0.6) is 0 Å². The Hall–Kier alpha value is -1.55. The Balaban J connectivity index is 2.32. The van der Waals surface area contributed by atoms with Crippen molar-refractivity contribution >= 4 is 43.7 Å². The summed E-state index contributed by atoms with van der Waals surface area (Å²) in [6, 6.07) is 1.40. The molecule has 2 heterocycles. The molecule has 2 rings (SSSR count). The van der Waals surface area contributed by atoms with Crippen molar-refractivity contribution in [1.82, 2.24) is 4.98 Å². The minimum Gasteiger partial charge on any atom is -0.465 e. The highest BCUT2D eigenvalue weighted by Crippen LogP contribution is 2.30. The van der Waals surface area contributed by atoms with Crippen LogP contribution in [0.15, 0.2) is 16.9 Å². The van der Waals surface area contributed by atoms with Crippen molar-refractivity contribution in [2.45, 2.75) is 6.42 Å². The second-order valence-electron chi connectivity index (χ2n) is 4.80. The Kier molecular flexibility index (Phi) is 4.81. The van der Waals surface area contributed by atoms with Crippen LogP contribution in [0.4, 0.5) is 9.57 Å². The topological polar surface area (TPSA) is 93.6 Å². The van der Waals surface area contributed by atoms with E-state index >= 15 is 0 Å². The van der Waals surface area contributed by atoms with Gasteiger partial charge in [0.05, 0.1) is 30.3 Å². The van der Waals surface area contributed by atoms with Gasteiger partial charge in [-0.15, -0.1) is 3.89 Å². The van der Waals surface area contributed by atoms with Crippen molar-refractivity contribution < 1.29 is 26.6 Å². The summed E-state index contributed by atoms with van der Waals surface area (Å²) in [5.74, 6) is -2.46. The second kappa shape index (κ2) is 6.29. The van der Waals surface area contributed by atoms with Crippen LogP contribution in [0.3, 0.4) is 0 Å². The molecular weight excluding hydrogens is 383 g/mol. The normalized spacial score (nSPS) is 18.6. The zero-order chi connectivity index (χ0) is 16.5. The van der Waals surface area contributed by atoms with E-state index in [1.165, 1.54) is 24.3 Å². The quantitative estimate of drug-likeness (QED) is 0.433. The number of hydrogen-bond acceptors (Lipinski definition) is 6. The van der Waals surface area contributed by atoms with Crippen LogP contribution in [0, 0.1) is 5.92 Å². The van der Waals surface area contributed by atoms with Crippen LogP contribution >= 0.6 is 15.9 Å². The van der Waals surface area contributed by atoms with E-state index in [1.807, 2.05) is 0 Å². The molecule has 7 nitrogen and oxygen atoms in total. The van der Waals surface area contributed by atoms with E-state index in [0.29, 0.717) is 4.60 Å². The number of nitrogens with zero attached hydrogens (tertiary/aromatic N) is 2. The molecule has 1 amide bonds. The third-order valence-corrected chi connectivity index (χ3v) is 4.49. The molecule has 1 unspecified atom stereocenters. The molecular formula is C12H12BrFN2O5S. The molecule has 1 aromatic heterocycles. The van der Waals surface area contributed by atoms with Crippen molar-refractivity contribution in [1.29, 1.82) is 0 Å². The highest BCUT2D eigenvalue weighted by atomic mass is 79.9. The van der Waals surface area contributed by atoms with Gasteiger partial charge in [-0.2, -0.15) is 8.42 Å². The number of hydrogen-bond donors (Lipinski definition) is 0. The van der Waals surface area contributed by atoms with E-state index < -0.39 is 33.8 Å². The predicted octanol–water partition coefficient (Wildman–Crippen LogP) is 1.28. The van der Waals surface area contributed by atoms with Crippen LogP contribution < -0.4 is 4.90 Å². The minimum absolute atomic E-state index is 0.00467. The van der Waals surface area contributed by atoms with Crippen LogP contribution in [-0.2, 0) is 19.8 Å². The molecule has 0 aliphatic carbocycles. The van der Waals surface area contributed by atoms with Crippen LogP contribution in [-0.4, -0.2) is 44.7 Å². The maximum absolute atomic E-state index is 12.8. The van der Waals surface area contributed by atoms with Gasteiger partial charge in [0.15, 0.2) is 0 Å². The number of ether oxygens (including phenoxy) is 1. The Morgan fingerprint density at radius 1 is 1.59 bits per heavy atom. The standard InChI is InChI=1S/C12H12BrFN2O5S/c1-21-12(18)8-3-10(13)15-4-9(8)16-5-7(2-11(16)17)6-22(14,19)20/h3-4,7H,2,5-6H2,1H3. The van der Waals surface area contributed by atoms with Crippen molar-refractivity contribution in [2.24, 2.45) is 5.92 Å². The summed E-state index contributed by atoms with van der Waals surface area (Å²) in [4.78, 5) is 29.0. The number of halogens is 2. The maximum Gasteiger partial charge on any atom is 0.340 e. The Labute approximate surface area is 134 Å². The van der Waals surface area contributed by atoms with Gasteiger partial charge in [0.2, 0.25) is 5.91 Å². The fraction of sp³-hybridized carbons (Fsp3) is 0.417. The van der Waals surface area contributed by atoms with Gasteiger partial charge in [-0.1, -0.05) is 0 Å². The molecule has 1 atom stereocenters. The first-order chi connectivity index (χ1) is 10.2. The van der Waals surface area contributed by atoms with Crippen molar-refractivity contribution in [3.05, 3.63) is 22.4 Å². The molecule has 10 heteroatoms. The molecule has 1 saturated heterocycles. The number of carbonyl (C=O) groups excluding carboxylic acids is 2. The number of esters is 1. The van der Waals surface area contributed by atoms with E-state index in [0.717, 1.165) is 0 Å². The summed E-state index contributed by atoms with van der Waals surface area (Å²) in [6.07, 6.45) is 1.19. The smallest absolute Gasteiger partial charge is 0.340 e. The Bertz CT molecular complexity index is 724.